The number of nitrogens with two attached hydrogens (primary N) is 1. The van der Waals surface area contributed by atoms with Crippen LogP contribution in [-0.2, 0) is 0 Å². The summed E-state index contributed by atoms with van der Waals surface area (Å²) in [6, 6.07) is 0.706. The fourth-order valence-electron chi connectivity index (χ4n) is 4.02. The molecule has 2 aliphatic rings. The molecular weight excluding hydrogens is 210 g/mol. The van der Waals surface area contributed by atoms with Gasteiger partial charge in [0.1, 0.15) is 0 Å². The maximum atomic E-state index is 6.15. The molecule has 3 heteroatoms. The zero-order chi connectivity index (χ0) is 12.5. The van der Waals surface area contributed by atoms with E-state index in [1.165, 1.54) is 45.2 Å². The molecule has 0 amide bonds. The SMILES string of the molecule is CC1CCCC1(CN)N(C)C1CCCN(C)C1. The predicted octanol–water partition coefficient (Wildman–Crippen LogP) is 1.53. The lowest BCUT2D eigenvalue weighted by molar-refractivity contribution is 0.0183. The van der Waals surface area contributed by atoms with Gasteiger partial charge < -0.3 is 10.6 Å². The Morgan fingerprint density at radius 1 is 1.35 bits per heavy atom. The summed E-state index contributed by atoms with van der Waals surface area (Å²) in [5.74, 6) is 0.754. The minimum Gasteiger partial charge on any atom is -0.329 e. The van der Waals surface area contributed by atoms with Crippen molar-refractivity contribution >= 4 is 0 Å². The largest absolute Gasteiger partial charge is 0.329 e. The van der Waals surface area contributed by atoms with E-state index in [-0.39, 0.29) is 5.54 Å². The zero-order valence-electron chi connectivity index (χ0n) is 11.8. The summed E-state index contributed by atoms with van der Waals surface area (Å²) in [4.78, 5) is 5.11. The van der Waals surface area contributed by atoms with E-state index >= 15 is 0 Å². The molecule has 1 saturated heterocycles. The minimum absolute atomic E-state index is 0.281. The van der Waals surface area contributed by atoms with Crippen LogP contribution >= 0.6 is 0 Å². The van der Waals surface area contributed by atoms with E-state index in [0.717, 1.165) is 12.5 Å². The lowest BCUT2D eigenvalue weighted by Gasteiger charge is -2.48. The van der Waals surface area contributed by atoms with Crippen LogP contribution in [0.3, 0.4) is 0 Å². The number of likely N-dealkylation sites (N-methyl/N-ethyl adjacent to an activating group) is 2. The van der Waals surface area contributed by atoms with Gasteiger partial charge in [-0.15, -0.1) is 0 Å². The third kappa shape index (κ3) is 2.38. The van der Waals surface area contributed by atoms with Crippen molar-refractivity contribution in [2.45, 2.75) is 50.6 Å². The first-order valence-corrected chi connectivity index (χ1v) is 7.21. The second kappa shape index (κ2) is 5.25. The number of hydrogen-bond donors (Lipinski definition) is 1. The monoisotopic (exact) mass is 239 g/mol. The molecule has 0 aromatic rings. The van der Waals surface area contributed by atoms with Gasteiger partial charge in [0.15, 0.2) is 0 Å². The Balaban J connectivity index is 2.08. The van der Waals surface area contributed by atoms with Crippen LogP contribution in [0, 0.1) is 5.92 Å². The van der Waals surface area contributed by atoms with Gasteiger partial charge in [-0.05, 0) is 52.2 Å². The summed E-state index contributed by atoms with van der Waals surface area (Å²) >= 11 is 0. The third-order valence-corrected chi connectivity index (χ3v) is 5.37. The second-order valence-electron chi connectivity index (χ2n) is 6.27. The molecule has 1 aliphatic heterocycles. The van der Waals surface area contributed by atoms with Crippen molar-refractivity contribution in [3.05, 3.63) is 0 Å². The van der Waals surface area contributed by atoms with Gasteiger partial charge in [-0.25, -0.2) is 0 Å². The molecule has 1 aliphatic carbocycles. The molecule has 2 fully saturated rings. The molecule has 3 atom stereocenters. The van der Waals surface area contributed by atoms with Crippen molar-refractivity contribution in [1.29, 1.82) is 0 Å². The molecule has 0 spiro atoms. The molecule has 0 radical (unpaired) electrons. The fourth-order valence-corrected chi connectivity index (χ4v) is 4.02. The highest BCUT2D eigenvalue weighted by Gasteiger charge is 2.44. The quantitative estimate of drug-likeness (QED) is 0.811. The second-order valence-corrected chi connectivity index (χ2v) is 6.27. The van der Waals surface area contributed by atoms with Gasteiger partial charge in [0.2, 0.25) is 0 Å². The van der Waals surface area contributed by atoms with Gasteiger partial charge in [0.25, 0.3) is 0 Å². The number of hydrogen-bond acceptors (Lipinski definition) is 3. The van der Waals surface area contributed by atoms with Gasteiger partial charge in [0, 0.05) is 24.7 Å². The predicted molar refractivity (Wildman–Crippen MR) is 73.1 cm³/mol. The fraction of sp³-hybridized carbons (Fsp3) is 1.00. The molecule has 17 heavy (non-hydrogen) atoms. The Labute approximate surface area is 106 Å². The Kier molecular flexibility index (Phi) is 4.11. The first-order chi connectivity index (χ1) is 8.10. The molecule has 0 aromatic heterocycles. The highest BCUT2D eigenvalue weighted by Crippen LogP contribution is 2.40. The molecule has 2 rings (SSSR count). The molecule has 100 valence electrons. The molecule has 3 unspecified atom stereocenters. The lowest BCUT2D eigenvalue weighted by Crippen LogP contribution is -2.60. The average molecular weight is 239 g/mol. The molecule has 2 N–H and O–H groups in total. The first-order valence-electron chi connectivity index (χ1n) is 7.21. The van der Waals surface area contributed by atoms with Crippen LogP contribution in [0.4, 0.5) is 0 Å². The molecular formula is C14H29N3. The standard InChI is InChI=1S/C14H29N3/c1-12-6-4-8-14(12,11-15)17(3)13-7-5-9-16(2)10-13/h12-13H,4-11,15H2,1-3H3. The highest BCUT2D eigenvalue weighted by molar-refractivity contribution is 5.01. The average Bonchev–Trinajstić information content (AvgIpc) is 2.70. The topological polar surface area (TPSA) is 32.5 Å². The maximum absolute atomic E-state index is 6.15. The van der Waals surface area contributed by atoms with Crippen molar-refractivity contribution < 1.29 is 0 Å². The van der Waals surface area contributed by atoms with Crippen molar-refractivity contribution in [3.8, 4) is 0 Å². The van der Waals surface area contributed by atoms with Crippen LogP contribution in [0.1, 0.15) is 39.0 Å². The smallest absolute Gasteiger partial charge is 0.0357 e. The van der Waals surface area contributed by atoms with Crippen molar-refractivity contribution in [1.82, 2.24) is 9.80 Å². The van der Waals surface area contributed by atoms with E-state index < -0.39 is 0 Å². The van der Waals surface area contributed by atoms with E-state index in [1.54, 1.807) is 0 Å². The van der Waals surface area contributed by atoms with Crippen LogP contribution in [0.5, 0.6) is 0 Å². The van der Waals surface area contributed by atoms with Crippen LogP contribution in [0.25, 0.3) is 0 Å². The van der Waals surface area contributed by atoms with E-state index in [2.05, 4.69) is 30.8 Å². The summed E-state index contributed by atoms with van der Waals surface area (Å²) in [6.07, 6.45) is 6.67. The van der Waals surface area contributed by atoms with E-state index in [0.29, 0.717) is 6.04 Å². The molecule has 3 nitrogen and oxygen atoms in total. The number of piperidine rings is 1. The number of likely N-dealkylation sites (tertiary alicyclic amines) is 1. The van der Waals surface area contributed by atoms with Crippen LogP contribution < -0.4 is 5.73 Å². The van der Waals surface area contributed by atoms with Gasteiger partial charge in [-0.1, -0.05) is 13.3 Å². The first kappa shape index (κ1) is 13.3. The normalized spacial score (nSPS) is 40.1. The maximum Gasteiger partial charge on any atom is 0.0357 e. The highest BCUT2D eigenvalue weighted by atomic mass is 15.3. The van der Waals surface area contributed by atoms with Gasteiger partial charge in [0.05, 0.1) is 0 Å². The Hall–Kier alpha value is -0.120. The van der Waals surface area contributed by atoms with Crippen molar-refractivity contribution in [2.75, 3.05) is 33.7 Å². The molecule has 1 heterocycles. The molecule has 0 aromatic carbocycles. The minimum atomic E-state index is 0.281. The van der Waals surface area contributed by atoms with Gasteiger partial charge in [-0.2, -0.15) is 0 Å². The summed E-state index contributed by atoms with van der Waals surface area (Å²) < 4.78 is 0. The molecule has 1 saturated carbocycles. The number of nitrogens with zero attached hydrogens (tertiary/aromatic N) is 2. The summed E-state index contributed by atoms with van der Waals surface area (Å²) in [7, 11) is 4.56. The van der Waals surface area contributed by atoms with E-state index in [4.69, 9.17) is 5.73 Å². The Morgan fingerprint density at radius 3 is 2.65 bits per heavy atom. The van der Waals surface area contributed by atoms with Crippen LogP contribution in [0.2, 0.25) is 0 Å². The Morgan fingerprint density at radius 2 is 2.12 bits per heavy atom. The lowest BCUT2D eigenvalue weighted by atomic mass is 9.84. The summed E-state index contributed by atoms with van der Waals surface area (Å²) in [5, 5.41) is 0. The third-order valence-electron chi connectivity index (χ3n) is 5.37. The van der Waals surface area contributed by atoms with Gasteiger partial charge >= 0.3 is 0 Å². The number of rotatable bonds is 3. The van der Waals surface area contributed by atoms with Crippen molar-refractivity contribution in [3.63, 3.8) is 0 Å². The summed E-state index contributed by atoms with van der Waals surface area (Å²) in [5.41, 5.74) is 6.43. The zero-order valence-corrected chi connectivity index (χ0v) is 11.8. The van der Waals surface area contributed by atoms with E-state index in [9.17, 15) is 0 Å². The molecule has 0 bridgehead atoms. The Bertz CT molecular complexity index is 256. The van der Waals surface area contributed by atoms with Crippen LogP contribution in [0.15, 0.2) is 0 Å². The van der Waals surface area contributed by atoms with Gasteiger partial charge in [-0.3, -0.25) is 4.90 Å². The van der Waals surface area contributed by atoms with Crippen LogP contribution in [-0.4, -0.2) is 55.1 Å². The summed E-state index contributed by atoms with van der Waals surface area (Å²) in [6.45, 7) is 5.69. The van der Waals surface area contributed by atoms with Crippen molar-refractivity contribution in [2.24, 2.45) is 11.7 Å². The van der Waals surface area contributed by atoms with E-state index in [1.807, 2.05) is 0 Å².